The van der Waals surface area contributed by atoms with E-state index < -0.39 is 34.4 Å². The van der Waals surface area contributed by atoms with Crippen LogP contribution in [0.1, 0.15) is 20.7 Å². The van der Waals surface area contributed by atoms with Gasteiger partial charge in [0.05, 0.1) is 0 Å². The number of aromatic nitrogens is 1. The third kappa shape index (κ3) is 3.05. The maximum absolute atomic E-state index is 11.9. The number of carboxylic acid groups (broad SMARTS) is 2. The van der Waals surface area contributed by atoms with Gasteiger partial charge in [0.2, 0.25) is 0 Å². The minimum atomic E-state index is -1.57. The standard InChI is InChI=1S/C16H12N2O6/c1-2-7-24-9-5-3-8(4-6-9)10-11(15(20)21)13(17)18-14(19)12(10)16(22)23/h1,3-6H,7H2,(H,20,21)(H,22,23)(H3,17,18,19). The Hall–Kier alpha value is -3.73. The van der Waals surface area contributed by atoms with Gasteiger partial charge in [0, 0.05) is 5.56 Å². The SMILES string of the molecule is C#CCOc1ccc(-c2c(C(=O)O)c(N)[nH]c(=O)c2C(=O)O)cc1. The zero-order valence-electron chi connectivity index (χ0n) is 12.2. The molecule has 0 radical (unpaired) electrons. The van der Waals surface area contributed by atoms with Gasteiger partial charge < -0.3 is 25.7 Å². The van der Waals surface area contributed by atoms with Crippen molar-refractivity contribution in [3.63, 3.8) is 0 Å². The average molecular weight is 328 g/mol. The van der Waals surface area contributed by atoms with Crippen LogP contribution in [0.15, 0.2) is 29.1 Å². The third-order valence-corrected chi connectivity index (χ3v) is 3.14. The van der Waals surface area contributed by atoms with E-state index in [1.54, 1.807) is 0 Å². The molecule has 0 fully saturated rings. The summed E-state index contributed by atoms with van der Waals surface area (Å²) in [5.41, 5.74) is 3.26. The number of nitrogens with two attached hydrogens (primary N) is 1. The summed E-state index contributed by atoms with van der Waals surface area (Å²) in [5.74, 6) is -0.771. The number of nitrogen functional groups attached to an aromatic ring is 1. The van der Waals surface area contributed by atoms with Crippen LogP contribution in [0, 0.1) is 12.3 Å². The number of anilines is 1. The Kier molecular flexibility index (Phi) is 4.56. The van der Waals surface area contributed by atoms with Crippen LogP contribution in [0.2, 0.25) is 0 Å². The number of nitrogens with one attached hydrogen (secondary N) is 1. The normalized spacial score (nSPS) is 9.96. The number of hydrogen-bond donors (Lipinski definition) is 4. The Labute approximate surface area is 135 Å². The molecule has 122 valence electrons. The first-order chi connectivity index (χ1) is 11.4. The number of benzene rings is 1. The second-order valence-corrected chi connectivity index (χ2v) is 4.62. The fourth-order valence-electron chi connectivity index (χ4n) is 2.18. The number of H-pyrrole nitrogens is 1. The van der Waals surface area contributed by atoms with Gasteiger partial charge in [-0.25, -0.2) is 9.59 Å². The molecule has 0 aliphatic heterocycles. The molecule has 24 heavy (non-hydrogen) atoms. The first-order valence-corrected chi connectivity index (χ1v) is 6.55. The first-order valence-electron chi connectivity index (χ1n) is 6.55. The van der Waals surface area contributed by atoms with Crippen molar-refractivity contribution in [1.29, 1.82) is 0 Å². The highest BCUT2D eigenvalue weighted by Gasteiger charge is 2.26. The second kappa shape index (κ2) is 6.58. The Morgan fingerprint density at radius 2 is 1.75 bits per heavy atom. The number of aromatic carboxylic acids is 2. The largest absolute Gasteiger partial charge is 0.481 e. The molecule has 8 heteroatoms. The van der Waals surface area contributed by atoms with E-state index in [-0.39, 0.29) is 17.7 Å². The van der Waals surface area contributed by atoms with E-state index in [9.17, 15) is 24.6 Å². The number of aromatic amines is 1. The second-order valence-electron chi connectivity index (χ2n) is 4.62. The van der Waals surface area contributed by atoms with Crippen molar-refractivity contribution in [1.82, 2.24) is 4.98 Å². The lowest BCUT2D eigenvalue weighted by Crippen LogP contribution is -2.24. The van der Waals surface area contributed by atoms with Crippen LogP contribution < -0.4 is 16.0 Å². The Bertz CT molecular complexity index is 906. The van der Waals surface area contributed by atoms with Crippen LogP contribution in [0.25, 0.3) is 11.1 Å². The summed E-state index contributed by atoms with van der Waals surface area (Å²) in [7, 11) is 0. The molecule has 8 nitrogen and oxygen atoms in total. The lowest BCUT2D eigenvalue weighted by Gasteiger charge is -2.12. The minimum Gasteiger partial charge on any atom is -0.481 e. The lowest BCUT2D eigenvalue weighted by molar-refractivity contribution is 0.0695. The lowest BCUT2D eigenvalue weighted by atomic mass is 9.95. The van der Waals surface area contributed by atoms with Crippen LogP contribution >= 0.6 is 0 Å². The van der Waals surface area contributed by atoms with E-state index in [1.165, 1.54) is 24.3 Å². The van der Waals surface area contributed by atoms with Crippen LogP contribution in [0.3, 0.4) is 0 Å². The van der Waals surface area contributed by atoms with Gasteiger partial charge in [-0.15, -0.1) is 6.42 Å². The molecule has 2 rings (SSSR count). The maximum atomic E-state index is 11.9. The van der Waals surface area contributed by atoms with Crippen LogP contribution in [0.5, 0.6) is 5.75 Å². The van der Waals surface area contributed by atoms with Crippen LogP contribution in [-0.2, 0) is 0 Å². The summed E-state index contributed by atoms with van der Waals surface area (Å²) in [4.78, 5) is 36.8. The van der Waals surface area contributed by atoms with E-state index in [4.69, 9.17) is 16.9 Å². The number of carbonyl (C=O) groups is 2. The first kappa shape index (κ1) is 16.6. The van der Waals surface area contributed by atoms with Crippen molar-refractivity contribution in [2.45, 2.75) is 0 Å². The van der Waals surface area contributed by atoms with Gasteiger partial charge in [-0.05, 0) is 17.7 Å². The molecule has 0 spiro atoms. The number of terminal acetylenes is 1. The number of carboxylic acids is 2. The Morgan fingerprint density at radius 1 is 1.17 bits per heavy atom. The quantitative estimate of drug-likeness (QED) is 0.600. The van der Waals surface area contributed by atoms with Gasteiger partial charge in [-0.2, -0.15) is 0 Å². The van der Waals surface area contributed by atoms with Crippen molar-refractivity contribution in [3.05, 3.63) is 45.7 Å². The number of ether oxygens (including phenoxy) is 1. The van der Waals surface area contributed by atoms with Crippen LogP contribution in [-0.4, -0.2) is 33.7 Å². The van der Waals surface area contributed by atoms with Crippen molar-refractivity contribution < 1.29 is 24.5 Å². The molecule has 1 heterocycles. The average Bonchev–Trinajstić information content (AvgIpc) is 2.51. The number of hydrogen-bond acceptors (Lipinski definition) is 5. The monoisotopic (exact) mass is 328 g/mol. The van der Waals surface area contributed by atoms with Gasteiger partial charge in [0.15, 0.2) is 0 Å². The zero-order chi connectivity index (χ0) is 17.9. The number of pyridine rings is 1. The van der Waals surface area contributed by atoms with Gasteiger partial charge in [0.25, 0.3) is 5.56 Å². The van der Waals surface area contributed by atoms with E-state index >= 15 is 0 Å². The molecule has 0 bridgehead atoms. The van der Waals surface area contributed by atoms with Crippen molar-refractivity contribution in [2.75, 3.05) is 12.3 Å². The molecule has 0 atom stereocenters. The van der Waals surface area contributed by atoms with E-state index in [1.807, 2.05) is 4.98 Å². The summed E-state index contributed by atoms with van der Waals surface area (Å²) >= 11 is 0. The molecule has 1 aromatic heterocycles. The summed E-state index contributed by atoms with van der Waals surface area (Å²) < 4.78 is 5.19. The fourth-order valence-corrected chi connectivity index (χ4v) is 2.18. The Morgan fingerprint density at radius 3 is 2.25 bits per heavy atom. The predicted molar refractivity (Wildman–Crippen MR) is 85.2 cm³/mol. The Balaban J connectivity index is 2.72. The third-order valence-electron chi connectivity index (χ3n) is 3.14. The van der Waals surface area contributed by atoms with Crippen molar-refractivity contribution in [3.8, 4) is 29.2 Å². The van der Waals surface area contributed by atoms with Crippen molar-refractivity contribution in [2.24, 2.45) is 0 Å². The molecule has 0 amide bonds. The van der Waals surface area contributed by atoms with Gasteiger partial charge in [-0.3, -0.25) is 4.79 Å². The maximum Gasteiger partial charge on any atom is 0.342 e. The van der Waals surface area contributed by atoms with E-state index in [0.29, 0.717) is 5.75 Å². The highest BCUT2D eigenvalue weighted by Crippen LogP contribution is 2.30. The molecule has 0 aliphatic carbocycles. The molecule has 5 N–H and O–H groups in total. The minimum absolute atomic E-state index is 0.0397. The molecular formula is C16H12N2O6. The zero-order valence-corrected chi connectivity index (χ0v) is 12.2. The summed E-state index contributed by atoms with van der Waals surface area (Å²) in [5, 5.41) is 18.6. The molecule has 0 saturated carbocycles. The van der Waals surface area contributed by atoms with E-state index in [0.717, 1.165) is 0 Å². The smallest absolute Gasteiger partial charge is 0.342 e. The fraction of sp³-hybridized carbons (Fsp3) is 0.0625. The molecule has 2 aromatic rings. The molecule has 1 aromatic carbocycles. The highest BCUT2D eigenvalue weighted by atomic mass is 16.5. The van der Waals surface area contributed by atoms with Gasteiger partial charge >= 0.3 is 11.9 Å². The van der Waals surface area contributed by atoms with Crippen LogP contribution in [0.4, 0.5) is 5.82 Å². The summed E-state index contributed by atoms with van der Waals surface area (Å²) in [6.07, 6.45) is 5.08. The van der Waals surface area contributed by atoms with Gasteiger partial charge in [0.1, 0.15) is 29.3 Å². The predicted octanol–water partition coefficient (Wildman–Crippen LogP) is 1.03. The molecular weight excluding hydrogens is 316 g/mol. The van der Waals surface area contributed by atoms with E-state index in [2.05, 4.69) is 5.92 Å². The summed E-state index contributed by atoms with van der Waals surface area (Å²) in [6.45, 7) is 0.0397. The topological polar surface area (TPSA) is 143 Å². The van der Waals surface area contributed by atoms with Crippen molar-refractivity contribution >= 4 is 17.8 Å². The summed E-state index contributed by atoms with van der Waals surface area (Å²) in [6, 6.07) is 5.78. The number of rotatable bonds is 5. The highest BCUT2D eigenvalue weighted by molar-refractivity contribution is 6.07. The molecule has 0 unspecified atom stereocenters. The van der Waals surface area contributed by atoms with Gasteiger partial charge in [-0.1, -0.05) is 18.1 Å². The molecule has 0 aliphatic rings. The molecule has 0 saturated heterocycles.